The van der Waals surface area contributed by atoms with Crippen LogP contribution < -0.4 is 10.6 Å². The minimum atomic E-state index is -4.20. The number of rotatable bonds is 5. The van der Waals surface area contributed by atoms with E-state index in [1.165, 1.54) is 14.2 Å². The van der Waals surface area contributed by atoms with E-state index < -0.39 is 24.5 Å². The zero-order valence-corrected chi connectivity index (χ0v) is 10.6. The lowest BCUT2D eigenvalue weighted by Gasteiger charge is -2.15. The minimum absolute atomic E-state index is 0.218. The highest BCUT2D eigenvalue weighted by Crippen LogP contribution is 2.17. The number of carbonyl (C=O) groups excluding carboxylic acids is 1. The second-order valence-electron chi connectivity index (χ2n) is 3.67. The zero-order valence-electron chi connectivity index (χ0n) is 10.6. The molecule has 0 amide bonds. The Kier molecular flexibility index (Phi) is 7.14. The van der Waals surface area contributed by atoms with E-state index in [0.29, 0.717) is 0 Å². The number of aliphatic imine (C=N–C) groups is 1. The highest BCUT2D eigenvalue weighted by atomic mass is 19.4. The molecule has 0 aromatic carbocycles. The summed E-state index contributed by atoms with van der Waals surface area (Å²) in [4.78, 5) is 14.8. The van der Waals surface area contributed by atoms with Crippen LogP contribution in [0.3, 0.4) is 0 Å². The van der Waals surface area contributed by atoms with Gasteiger partial charge in [0.25, 0.3) is 0 Å². The molecule has 0 spiro atoms. The lowest BCUT2D eigenvalue weighted by atomic mass is 10.2. The summed E-state index contributed by atoms with van der Waals surface area (Å²) in [6.07, 6.45) is -5.15. The number of nitrogens with zero attached hydrogens (tertiary/aromatic N) is 1. The van der Waals surface area contributed by atoms with Crippen molar-refractivity contribution in [2.75, 3.05) is 27.2 Å². The minimum Gasteiger partial charge on any atom is -0.469 e. The van der Waals surface area contributed by atoms with Crippen LogP contribution in [0.5, 0.6) is 0 Å². The second-order valence-corrected chi connectivity index (χ2v) is 3.67. The van der Waals surface area contributed by atoms with E-state index in [0.717, 1.165) is 0 Å². The van der Waals surface area contributed by atoms with E-state index in [2.05, 4.69) is 20.4 Å². The standard InChI is InChI=1S/C10H18F3N3O2/c1-7(8(17)18-3)6-16-9(14-2)15-5-4-10(11,12)13/h7H,4-6H2,1-3H3,(H2,14,15,16). The summed E-state index contributed by atoms with van der Waals surface area (Å²) in [6, 6.07) is 0. The average molecular weight is 269 g/mol. The predicted octanol–water partition coefficient (Wildman–Crippen LogP) is 0.913. The Bertz CT molecular complexity index is 293. The number of hydrogen-bond acceptors (Lipinski definition) is 3. The van der Waals surface area contributed by atoms with Crippen LogP contribution in [0.2, 0.25) is 0 Å². The normalized spacial score (nSPS) is 14.0. The molecule has 0 heterocycles. The molecule has 5 nitrogen and oxygen atoms in total. The van der Waals surface area contributed by atoms with Gasteiger partial charge >= 0.3 is 12.1 Å². The number of guanidine groups is 1. The second kappa shape index (κ2) is 7.78. The molecule has 0 rings (SSSR count). The maximum Gasteiger partial charge on any atom is 0.390 e. The Morgan fingerprint density at radius 3 is 2.44 bits per heavy atom. The monoisotopic (exact) mass is 269 g/mol. The van der Waals surface area contributed by atoms with E-state index in [-0.39, 0.29) is 19.0 Å². The first-order valence-electron chi connectivity index (χ1n) is 5.39. The van der Waals surface area contributed by atoms with Gasteiger partial charge in [-0.2, -0.15) is 13.2 Å². The largest absolute Gasteiger partial charge is 0.469 e. The van der Waals surface area contributed by atoms with E-state index in [4.69, 9.17) is 0 Å². The Balaban J connectivity index is 3.96. The van der Waals surface area contributed by atoms with Crippen molar-refractivity contribution in [3.8, 4) is 0 Å². The maximum atomic E-state index is 11.9. The maximum absolute atomic E-state index is 11.9. The van der Waals surface area contributed by atoms with E-state index in [9.17, 15) is 18.0 Å². The van der Waals surface area contributed by atoms with Gasteiger partial charge in [-0.05, 0) is 0 Å². The molecule has 0 bridgehead atoms. The van der Waals surface area contributed by atoms with Crippen LogP contribution in [0.1, 0.15) is 13.3 Å². The number of alkyl halides is 3. The van der Waals surface area contributed by atoms with Crippen molar-refractivity contribution in [1.82, 2.24) is 10.6 Å². The molecule has 0 aliphatic rings. The van der Waals surface area contributed by atoms with Gasteiger partial charge in [0.2, 0.25) is 0 Å². The first-order chi connectivity index (χ1) is 8.30. The van der Waals surface area contributed by atoms with Gasteiger partial charge in [-0.3, -0.25) is 9.79 Å². The SMILES string of the molecule is CN=C(NCCC(F)(F)F)NCC(C)C(=O)OC. The Morgan fingerprint density at radius 2 is 2.00 bits per heavy atom. The molecule has 0 aromatic heterocycles. The van der Waals surface area contributed by atoms with Crippen molar-refractivity contribution in [3.63, 3.8) is 0 Å². The van der Waals surface area contributed by atoms with Crippen LogP contribution in [0.15, 0.2) is 4.99 Å². The van der Waals surface area contributed by atoms with Crippen LogP contribution in [0.25, 0.3) is 0 Å². The third-order valence-electron chi connectivity index (χ3n) is 2.10. The molecule has 0 fully saturated rings. The van der Waals surface area contributed by atoms with E-state index >= 15 is 0 Å². The van der Waals surface area contributed by atoms with Crippen LogP contribution in [-0.2, 0) is 9.53 Å². The first kappa shape index (κ1) is 16.5. The molecule has 0 aliphatic carbocycles. The summed E-state index contributed by atoms with van der Waals surface area (Å²) in [5.41, 5.74) is 0. The molecule has 2 N–H and O–H groups in total. The van der Waals surface area contributed by atoms with Crippen molar-refractivity contribution in [3.05, 3.63) is 0 Å². The highest BCUT2D eigenvalue weighted by Gasteiger charge is 2.26. The summed E-state index contributed by atoms with van der Waals surface area (Å²) in [6.45, 7) is 1.61. The lowest BCUT2D eigenvalue weighted by molar-refractivity contribution is -0.144. The molecular weight excluding hydrogens is 251 g/mol. The van der Waals surface area contributed by atoms with Crippen LogP contribution in [0, 0.1) is 5.92 Å². The summed E-state index contributed by atoms with van der Waals surface area (Å²) >= 11 is 0. The molecule has 0 aromatic rings. The fraction of sp³-hybridized carbons (Fsp3) is 0.800. The van der Waals surface area contributed by atoms with Crippen LogP contribution in [-0.4, -0.2) is 45.4 Å². The van der Waals surface area contributed by atoms with Crippen LogP contribution >= 0.6 is 0 Å². The summed E-state index contributed by atoms with van der Waals surface area (Å²) in [7, 11) is 2.71. The molecule has 18 heavy (non-hydrogen) atoms. The Labute approximate surface area is 104 Å². The van der Waals surface area contributed by atoms with Gasteiger partial charge in [-0.1, -0.05) is 6.92 Å². The number of hydrogen-bond donors (Lipinski definition) is 2. The van der Waals surface area contributed by atoms with E-state index in [1.54, 1.807) is 6.92 Å². The quantitative estimate of drug-likeness (QED) is 0.442. The molecule has 0 saturated heterocycles. The smallest absolute Gasteiger partial charge is 0.390 e. The van der Waals surface area contributed by atoms with Crippen LogP contribution in [0.4, 0.5) is 13.2 Å². The van der Waals surface area contributed by atoms with E-state index in [1.807, 2.05) is 0 Å². The van der Waals surface area contributed by atoms with Gasteiger partial charge in [0.1, 0.15) is 0 Å². The molecule has 0 aliphatic heterocycles. The third-order valence-corrected chi connectivity index (χ3v) is 2.10. The van der Waals surface area contributed by atoms with Gasteiger partial charge in [0.15, 0.2) is 5.96 Å². The number of esters is 1. The van der Waals surface area contributed by atoms with Crippen molar-refractivity contribution in [2.45, 2.75) is 19.5 Å². The predicted molar refractivity (Wildman–Crippen MR) is 61.2 cm³/mol. The summed E-state index contributed by atoms with van der Waals surface area (Å²) < 4.78 is 40.3. The van der Waals surface area contributed by atoms with Crippen molar-refractivity contribution in [2.24, 2.45) is 10.9 Å². The first-order valence-corrected chi connectivity index (χ1v) is 5.39. The zero-order chi connectivity index (χ0) is 14.2. The Hall–Kier alpha value is -1.47. The molecule has 1 unspecified atom stereocenters. The molecule has 0 radical (unpaired) electrons. The number of halogens is 3. The van der Waals surface area contributed by atoms with Gasteiger partial charge in [-0.15, -0.1) is 0 Å². The summed E-state index contributed by atoms with van der Waals surface area (Å²) in [5.74, 6) is -0.584. The molecule has 1 atom stereocenters. The van der Waals surface area contributed by atoms with Gasteiger partial charge in [-0.25, -0.2) is 0 Å². The number of nitrogens with one attached hydrogen (secondary N) is 2. The average Bonchev–Trinajstić information content (AvgIpc) is 2.30. The van der Waals surface area contributed by atoms with Crippen molar-refractivity contribution >= 4 is 11.9 Å². The number of methoxy groups -OCH3 is 1. The van der Waals surface area contributed by atoms with Gasteiger partial charge in [0, 0.05) is 20.1 Å². The van der Waals surface area contributed by atoms with Gasteiger partial charge in [0.05, 0.1) is 19.4 Å². The van der Waals surface area contributed by atoms with Crippen molar-refractivity contribution in [1.29, 1.82) is 0 Å². The number of carbonyl (C=O) groups is 1. The molecule has 8 heteroatoms. The fourth-order valence-corrected chi connectivity index (χ4v) is 1.08. The summed E-state index contributed by atoms with van der Waals surface area (Å²) in [5, 5.41) is 5.25. The third kappa shape index (κ3) is 7.75. The lowest BCUT2D eigenvalue weighted by Crippen LogP contribution is -2.41. The Morgan fingerprint density at radius 1 is 1.39 bits per heavy atom. The fourth-order valence-electron chi connectivity index (χ4n) is 1.08. The molecule has 106 valence electrons. The molecule has 0 saturated carbocycles. The highest BCUT2D eigenvalue weighted by molar-refractivity contribution is 5.80. The van der Waals surface area contributed by atoms with Crippen molar-refractivity contribution < 1.29 is 22.7 Å². The molecular formula is C10H18F3N3O2. The topological polar surface area (TPSA) is 62.7 Å². The number of ether oxygens (including phenoxy) is 1. The van der Waals surface area contributed by atoms with Gasteiger partial charge < -0.3 is 15.4 Å².